The molecule has 0 saturated heterocycles. The molecule has 2 rings (SSSR count). The topological polar surface area (TPSA) is 40.7 Å². The van der Waals surface area contributed by atoms with E-state index in [1.165, 1.54) is 4.88 Å². The minimum Gasteiger partial charge on any atom is -0.306 e. The Morgan fingerprint density at radius 3 is 3.07 bits per heavy atom. The van der Waals surface area contributed by atoms with E-state index in [9.17, 15) is 0 Å². The lowest BCUT2D eigenvalue weighted by atomic mass is 10.4. The average molecular weight is 272 g/mol. The lowest BCUT2D eigenvalue weighted by molar-refractivity contribution is 0.684. The molecule has 0 unspecified atom stereocenters. The molecule has 0 spiro atoms. The van der Waals surface area contributed by atoms with Gasteiger partial charge in [0.1, 0.15) is 0 Å². The van der Waals surface area contributed by atoms with Crippen molar-refractivity contribution < 1.29 is 0 Å². The maximum atomic E-state index is 3.88. The van der Waals surface area contributed by atoms with Crippen molar-refractivity contribution in [2.24, 2.45) is 0 Å². The van der Waals surface area contributed by atoms with Crippen molar-refractivity contribution in [3.05, 3.63) is 38.8 Å². The van der Waals surface area contributed by atoms with Gasteiger partial charge >= 0.3 is 0 Å². The number of hydrogen-bond acceptors (Lipinski definition) is 3. The van der Waals surface area contributed by atoms with Crippen LogP contribution >= 0.6 is 27.3 Å². The highest BCUT2D eigenvalue weighted by atomic mass is 79.9. The van der Waals surface area contributed by atoms with Crippen LogP contribution in [-0.2, 0) is 13.1 Å². The molecule has 2 aromatic rings. The van der Waals surface area contributed by atoms with Gasteiger partial charge in [-0.2, -0.15) is 5.10 Å². The van der Waals surface area contributed by atoms with Crippen molar-refractivity contribution in [2.45, 2.75) is 13.1 Å². The molecule has 5 heteroatoms. The van der Waals surface area contributed by atoms with Gasteiger partial charge in [0.15, 0.2) is 0 Å². The third-order valence-corrected chi connectivity index (χ3v) is 3.49. The van der Waals surface area contributed by atoms with E-state index in [4.69, 9.17) is 0 Å². The molecule has 3 nitrogen and oxygen atoms in total. The Hall–Kier alpha value is -0.650. The molecule has 74 valence electrons. The maximum Gasteiger partial charge on any atom is 0.0490 e. The minimum atomic E-state index is 0.829. The van der Waals surface area contributed by atoms with Crippen LogP contribution in [0.15, 0.2) is 28.2 Å². The van der Waals surface area contributed by atoms with Crippen molar-refractivity contribution in [1.29, 1.82) is 0 Å². The number of nitrogens with one attached hydrogen (secondary N) is 2. The summed E-state index contributed by atoms with van der Waals surface area (Å²) in [4.78, 5) is 1.33. The molecule has 0 aliphatic heterocycles. The fourth-order valence-electron chi connectivity index (χ4n) is 1.15. The second kappa shape index (κ2) is 4.72. The highest BCUT2D eigenvalue weighted by molar-refractivity contribution is 9.10. The van der Waals surface area contributed by atoms with Gasteiger partial charge in [-0.1, -0.05) is 0 Å². The van der Waals surface area contributed by atoms with Crippen LogP contribution in [0.25, 0.3) is 0 Å². The Morgan fingerprint density at radius 1 is 1.50 bits per heavy atom. The molecule has 0 fully saturated rings. The van der Waals surface area contributed by atoms with Crippen LogP contribution in [0.3, 0.4) is 0 Å². The molecule has 2 heterocycles. The Balaban J connectivity index is 1.78. The second-order valence-electron chi connectivity index (χ2n) is 2.92. The number of rotatable bonds is 4. The summed E-state index contributed by atoms with van der Waals surface area (Å²) in [5.74, 6) is 0. The monoisotopic (exact) mass is 271 g/mol. The normalized spacial score (nSPS) is 10.6. The van der Waals surface area contributed by atoms with Crippen LogP contribution in [0.2, 0.25) is 0 Å². The summed E-state index contributed by atoms with van der Waals surface area (Å²) in [6.45, 7) is 1.73. The van der Waals surface area contributed by atoms with E-state index >= 15 is 0 Å². The Labute approximate surface area is 94.7 Å². The maximum absolute atomic E-state index is 3.88. The van der Waals surface area contributed by atoms with Gasteiger partial charge in [0, 0.05) is 39.7 Å². The minimum absolute atomic E-state index is 0.829. The Kier molecular flexibility index (Phi) is 3.34. The summed E-state index contributed by atoms with van der Waals surface area (Å²) < 4.78 is 1.15. The number of nitrogens with zero attached hydrogens (tertiary/aromatic N) is 1. The largest absolute Gasteiger partial charge is 0.306 e. The predicted molar refractivity (Wildman–Crippen MR) is 61.2 cm³/mol. The molecular formula is C9H10BrN3S. The highest BCUT2D eigenvalue weighted by Crippen LogP contribution is 2.19. The van der Waals surface area contributed by atoms with Gasteiger partial charge in [-0.15, -0.1) is 11.3 Å². The van der Waals surface area contributed by atoms with E-state index in [0.29, 0.717) is 0 Å². The standard InChI is InChI=1S/C9H10BrN3S/c10-7-3-9(14-6-7)5-11-4-8-1-2-12-13-8/h1-3,6,11H,4-5H2,(H,12,13). The number of hydrogen-bond donors (Lipinski definition) is 2. The summed E-state index contributed by atoms with van der Waals surface area (Å²) in [6.07, 6.45) is 1.76. The van der Waals surface area contributed by atoms with Crippen LogP contribution in [0, 0.1) is 0 Å². The molecule has 2 N–H and O–H groups in total. The fourth-order valence-corrected chi connectivity index (χ4v) is 2.57. The number of aromatic amines is 1. The summed E-state index contributed by atoms with van der Waals surface area (Å²) in [5, 5.41) is 12.2. The molecule has 0 radical (unpaired) electrons. The first kappa shape index (κ1) is 9.89. The molecular weight excluding hydrogens is 262 g/mol. The number of thiophene rings is 1. The summed E-state index contributed by atoms with van der Waals surface area (Å²) >= 11 is 5.18. The lowest BCUT2D eigenvalue weighted by Gasteiger charge is -1.99. The average Bonchev–Trinajstić information content (AvgIpc) is 2.77. The fraction of sp³-hybridized carbons (Fsp3) is 0.222. The van der Waals surface area contributed by atoms with Crippen molar-refractivity contribution in [1.82, 2.24) is 15.5 Å². The van der Waals surface area contributed by atoms with Gasteiger partial charge in [0.05, 0.1) is 0 Å². The van der Waals surface area contributed by atoms with E-state index < -0.39 is 0 Å². The van der Waals surface area contributed by atoms with Gasteiger partial charge in [0.2, 0.25) is 0 Å². The highest BCUT2D eigenvalue weighted by Gasteiger charge is 1.97. The van der Waals surface area contributed by atoms with Crippen LogP contribution in [0.1, 0.15) is 10.6 Å². The molecule has 14 heavy (non-hydrogen) atoms. The Morgan fingerprint density at radius 2 is 2.43 bits per heavy atom. The van der Waals surface area contributed by atoms with Crippen molar-refractivity contribution >= 4 is 27.3 Å². The van der Waals surface area contributed by atoms with Gasteiger partial charge < -0.3 is 5.32 Å². The third kappa shape index (κ3) is 2.67. The predicted octanol–water partition coefficient (Wildman–Crippen LogP) is 2.52. The first-order valence-electron chi connectivity index (χ1n) is 4.26. The Bertz CT molecular complexity index is 382. The molecule has 0 amide bonds. The number of aromatic nitrogens is 2. The van der Waals surface area contributed by atoms with E-state index in [-0.39, 0.29) is 0 Å². The quantitative estimate of drug-likeness (QED) is 0.897. The van der Waals surface area contributed by atoms with E-state index in [1.807, 2.05) is 6.07 Å². The summed E-state index contributed by atoms with van der Waals surface area (Å²) in [6, 6.07) is 4.10. The lowest BCUT2D eigenvalue weighted by Crippen LogP contribution is -2.11. The zero-order chi connectivity index (χ0) is 9.80. The smallest absolute Gasteiger partial charge is 0.0490 e. The molecule has 0 saturated carbocycles. The van der Waals surface area contributed by atoms with Crippen LogP contribution in [-0.4, -0.2) is 10.2 Å². The van der Waals surface area contributed by atoms with Gasteiger partial charge in [-0.25, -0.2) is 0 Å². The zero-order valence-corrected chi connectivity index (χ0v) is 9.86. The third-order valence-electron chi connectivity index (χ3n) is 1.79. The summed E-state index contributed by atoms with van der Waals surface area (Å²) in [7, 11) is 0. The molecule has 0 aromatic carbocycles. The van der Waals surface area contributed by atoms with Crippen LogP contribution < -0.4 is 5.32 Å². The SMILES string of the molecule is Brc1csc(CNCc2ccn[nH]2)c1. The van der Waals surface area contributed by atoms with Gasteiger partial charge in [-0.05, 0) is 28.1 Å². The van der Waals surface area contributed by atoms with Gasteiger partial charge in [-0.3, -0.25) is 5.10 Å². The van der Waals surface area contributed by atoms with Gasteiger partial charge in [0.25, 0.3) is 0 Å². The number of H-pyrrole nitrogens is 1. The second-order valence-corrected chi connectivity index (χ2v) is 4.83. The van der Waals surface area contributed by atoms with E-state index in [0.717, 1.165) is 23.3 Å². The van der Waals surface area contributed by atoms with Crippen LogP contribution in [0.5, 0.6) is 0 Å². The summed E-state index contributed by atoms with van der Waals surface area (Å²) in [5.41, 5.74) is 1.11. The van der Waals surface area contributed by atoms with Crippen molar-refractivity contribution in [2.75, 3.05) is 0 Å². The molecule has 0 aliphatic carbocycles. The first-order chi connectivity index (χ1) is 6.84. The van der Waals surface area contributed by atoms with Crippen molar-refractivity contribution in [3.63, 3.8) is 0 Å². The molecule has 2 aromatic heterocycles. The first-order valence-corrected chi connectivity index (χ1v) is 5.94. The van der Waals surface area contributed by atoms with Crippen LogP contribution in [0.4, 0.5) is 0 Å². The zero-order valence-electron chi connectivity index (χ0n) is 7.46. The van der Waals surface area contributed by atoms with E-state index in [2.05, 4.69) is 42.9 Å². The molecule has 0 aliphatic rings. The van der Waals surface area contributed by atoms with E-state index in [1.54, 1.807) is 17.5 Å². The number of halogens is 1. The molecule has 0 bridgehead atoms. The van der Waals surface area contributed by atoms with Crippen molar-refractivity contribution in [3.8, 4) is 0 Å². The molecule has 0 atom stereocenters.